The number of nitrogens with two attached hydrogens (primary N) is 1. The van der Waals surface area contributed by atoms with Gasteiger partial charge in [0.15, 0.2) is 0 Å². The Balaban J connectivity index is 2.67. The number of rotatable bonds is 4. The second kappa shape index (κ2) is 5.94. The van der Waals surface area contributed by atoms with Gasteiger partial charge in [-0.1, -0.05) is 23.2 Å². The third-order valence-corrected chi connectivity index (χ3v) is 2.87. The van der Waals surface area contributed by atoms with Crippen LogP contribution in [0.5, 0.6) is 0 Å². The van der Waals surface area contributed by atoms with Gasteiger partial charge in [-0.15, -0.1) is 0 Å². The van der Waals surface area contributed by atoms with Crippen LogP contribution in [0.3, 0.4) is 0 Å². The number of halogens is 2. The number of anilines is 1. The van der Waals surface area contributed by atoms with Crippen molar-refractivity contribution in [3.8, 4) is 0 Å². The number of nitrogens with one attached hydrogen (secondary N) is 1. The first-order valence-electron chi connectivity index (χ1n) is 4.56. The fraction of sp³-hybridized carbons (Fsp3) is 0.300. The molecule has 0 aliphatic heterocycles. The molecule has 0 heterocycles. The maximum Gasteiger partial charge on any atom is 0.319 e. The minimum absolute atomic E-state index is 0.0960. The van der Waals surface area contributed by atoms with E-state index >= 15 is 0 Å². The van der Waals surface area contributed by atoms with Gasteiger partial charge in [-0.2, -0.15) is 0 Å². The molecule has 0 aliphatic carbocycles. The molecular weight excluding hydrogens is 251 g/mol. The molecule has 16 heavy (non-hydrogen) atoms. The molecule has 88 valence electrons. The SMILES string of the molecule is COC(=O)CNCc1c(N)ccc(Cl)c1Cl. The van der Waals surface area contributed by atoms with Crippen LogP contribution in [0.15, 0.2) is 12.1 Å². The second-order valence-electron chi connectivity index (χ2n) is 3.11. The van der Waals surface area contributed by atoms with Crippen LogP contribution < -0.4 is 11.1 Å². The van der Waals surface area contributed by atoms with E-state index in [2.05, 4.69) is 10.1 Å². The fourth-order valence-electron chi connectivity index (χ4n) is 1.15. The Bertz CT molecular complexity index is 397. The van der Waals surface area contributed by atoms with E-state index < -0.39 is 0 Å². The summed E-state index contributed by atoms with van der Waals surface area (Å²) in [4.78, 5) is 10.9. The molecule has 1 rings (SSSR count). The first kappa shape index (κ1) is 13.1. The van der Waals surface area contributed by atoms with E-state index in [4.69, 9.17) is 28.9 Å². The molecule has 4 nitrogen and oxygen atoms in total. The van der Waals surface area contributed by atoms with Crippen molar-refractivity contribution in [3.05, 3.63) is 27.7 Å². The number of esters is 1. The molecule has 6 heteroatoms. The van der Waals surface area contributed by atoms with Crippen molar-refractivity contribution in [1.82, 2.24) is 5.32 Å². The monoisotopic (exact) mass is 262 g/mol. The molecule has 0 aromatic heterocycles. The summed E-state index contributed by atoms with van der Waals surface area (Å²) >= 11 is 11.8. The van der Waals surface area contributed by atoms with Crippen LogP contribution >= 0.6 is 23.2 Å². The van der Waals surface area contributed by atoms with Gasteiger partial charge in [0.2, 0.25) is 0 Å². The average molecular weight is 263 g/mol. The Morgan fingerprint density at radius 3 is 2.81 bits per heavy atom. The minimum Gasteiger partial charge on any atom is -0.468 e. The Morgan fingerprint density at radius 2 is 2.19 bits per heavy atom. The van der Waals surface area contributed by atoms with Crippen molar-refractivity contribution in [3.63, 3.8) is 0 Å². The molecule has 1 aromatic rings. The molecule has 0 bridgehead atoms. The molecule has 0 aliphatic rings. The van der Waals surface area contributed by atoms with Gasteiger partial charge in [0, 0.05) is 17.8 Å². The zero-order chi connectivity index (χ0) is 12.1. The Kier molecular flexibility index (Phi) is 4.86. The molecule has 0 saturated carbocycles. The van der Waals surface area contributed by atoms with Crippen LogP contribution in [-0.4, -0.2) is 19.6 Å². The lowest BCUT2D eigenvalue weighted by molar-refractivity contribution is -0.139. The van der Waals surface area contributed by atoms with E-state index in [0.717, 1.165) is 0 Å². The summed E-state index contributed by atoms with van der Waals surface area (Å²) in [5.74, 6) is -0.350. The zero-order valence-corrected chi connectivity index (χ0v) is 10.2. The largest absolute Gasteiger partial charge is 0.468 e. The first-order valence-corrected chi connectivity index (χ1v) is 5.31. The van der Waals surface area contributed by atoms with Gasteiger partial charge in [-0.3, -0.25) is 4.79 Å². The number of ether oxygens (including phenoxy) is 1. The highest BCUT2D eigenvalue weighted by Crippen LogP contribution is 2.29. The van der Waals surface area contributed by atoms with Crippen LogP contribution in [-0.2, 0) is 16.1 Å². The van der Waals surface area contributed by atoms with Gasteiger partial charge in [-0.25, -0.2) is 0 Å². The Hall–Kier alpha value is -0.970. The third-order valence-electron chi connectivity index (χ3n) is 2.03. The van der Waals surface area contributed by atoms with Crippen LogP contribution in [0, 0.1) is 0 Å². The maximum absolute atomic E-state index is 10.9. The highest BCUT2D eigenvalue weighted by Gasteiger charge is 2.09. The van der Waals surface area contributed by atoms with Crippen molar-refractivity contribution >= 4 is 34.9 Å². The number of benzene rings is 1. The van der Waals surface area contributed by atoms with Gasteiger partial charge in [0.05, 0.1) is 23.7 Å². The predicted octanol–water partition coefficient (Wildman–Crippen LogP) is 1.84. The van der Waals surface area contributed by atoms with Gasteiger partial charge in [0.25, 0.3) is 0 Å². The quantitative estimate of drug-likeness (QED) is 0.642. The topological polar surface area (TPSA) is 64.3 Å². The standard InChI is InChI=1S/C10H12Cl2N2O2/c1-16-9(15)5-14-4-6-8(13)3-2-7(11)10(6)12/h2-3,14H,4-5,13H2,1H3. The summed E-state index contributed by atoms with van der Waals surface area (Å²) in [7, 11) is 1.32. The maximum atomic E-state index is 10.9. The van der Waals surface area contributed by atoms with Gasteiger partial charge >= 0.3 is 5.97 Å². The lowest BCUT2D eigenvalue weighted by Gasteiger charge is -2.10. The van der Waals surface area contributed by atoms with E-state index in [0.29, 0.717) is 27.8 Å². The van der Waals surface area contributed by atoms with E-state index in [9.17, 15) is 4.79 Å². The number of carbonyl (C=O) groups is 1. The normalized spacial score (nSPS) is 10.2. The van der Waals surface area contributed by atoms with Crippen LogP contribution in [0.4, 0.5) is 5.69 Å². The molecule has 0 fully saturated rings. The van der Waals surface area contributed by atoms with Crippen LogP contribution in [0.2, 0.25) is 10.0 Å². The number of nitrogen functional groups attached to an aromatic ring is 1. The number of carbonyl (C=O) groups excluding carboxylic acids is 1. The molecule has 0 atom stereocenters. The fourth-order valence-corrected chi connectivity index (χ4v) is 1.56. The van der Waals surface area contributed by atoms with E-state index in [-0.39, 0.29) is 12.5 Å². The summed E-state index contributed by atoms with van der Waals surface area (Å²) in [5, 5.41) is 3.70. The van der Waals surface area contributed by atoms with Crippen molar-refractivity contribution in [2.24, 2.45) is 0 Å². The van der Waals surface area contributed by atoms with Crippen LogP contribution in [0.1, 0.15) is 5.56 Å². The summed E-state index contributed by atoms with van der Waals surface area (Å²) in [5.41, 5.74) is 6.95. The summed E-state index contributed by atoms with van der Waals surface area (Å²) in [6.07, 6.45) is 0. The first-order chi connectivity index (χ1) is 7.56. The summed E-state index contributed by atoms with van der Waals surface area (Å²) in [6, 6.07) is 3.30. The van der Waals surface area contributed by atoms with E-state index in [1.807, 2.05) is 0 Å². The number of methoxy groups -OCH3 is 1. The van der Waals surface area contributed by atoms with Gasteiger partial charge in [0.1, 0.15) is 0 Å². The average Bonchev–Trinajstić information content (AvgIpc) is 2.28. The van der Waals surface area contributed by atoms with Crippen molar-refractivity contribution in [1.29, 1.82) is 0 Å². The molecule has 0 unspecified atom stereocenters. The highest BCUT2D eigenvalue weighted by molar-refractivity contribution is 6.42. The van der Waals surface area contributed by atoms with E-state index in [1.54, 1.807) is 12.1 Å². The molecule has 3 N–H and O–H groups in total. The second-order valence-corrected chi connectivity index (χ2v) is 3.89. The molecule has 1 aromatic carbocycles. The predicted molar refractivity (Wildman–Crippen MR) is 64.6 cm³/mol. The van der Waals surface area contributed by atoms with Crippen molar-refractivity contribution < 1.29 is 9.53 Å². The van der Waals surface area contributed by atoms with Gasteiger partial charge in [-0.05, 0) is 12.1 Å². The molecular formula is C10H12Cl2N2O2. The molecule has 0 saturated heterocycles. The number of hydrogen-bond donors (Lipinski definition) is 2. The molecule has 0 spiro atoms. The smallest absolute Gasteiger partial charge is 0.319 e. The molecule has 0 amide bonds. The zero-order valence-electron chi connectivity index (χ0n) is 8.72. The Morgan fingerprint density at radius 1 is 1.50 bits per heavy atom. The van der Waals surface area contributed by atoms with Crippen molar-refractivity contribution in [2.45, 2.75) is 6.54 Å². The lowest BCUT2D eigenvalue weighted by atomic mass is 10.2. The van der Waals surface area contributed by atoms with Gasteiger partial charge < -0.3 is 15.8 Å². The highest BCUT2D eigenvalue weighted by atomic mass is 35.5. The lowest BCUT2D eigenvalue weighted by Crippen LogP contribution is -2.24. The van der Waals surface area contributed by atoms with Crippen LogP contribution in [0.25, 0.3) is 0 Å². The number of hydrogen-bond acceptors (Lipinski definition) is 4. The summed E-state index contributed by atoms with van der Waals surface area (Å²) < 4.78 is 4.48. The van der Waals surface area contributed by atoms with Crippen molar-refractivity contribution in [2.75, 3.05) is 19.4 Å². The molecule has 0 radical (unpaired) electrons. The summed E-state index contributed by atoms with van der Waals surface area (Å²) in [6.45, 7) is 0.457. The minimum atomic E-state index is -0.350. The van der Waals surface area contributed by atoms with E-state index in [1.165, 1.54) is 7.11 Å². The third kappa shape index (κ3) is 3.27. The Labute approximate surface area is 104 Å².